The van der Waals surface area contributed by atoms with Crippen LogP contribution >= 0.6 is 11.6 Å². The summed E-state index contributed by atoms with van der Waals surface area (Å²) >= 11 is 5.38. The highest BCUT2D eigenvalue weighted by Crippen LogP contribution is 2.31. The van der Waals surface area contributed by atoms with Gasteiger partial charge in [-0.1, -0.05) is 11.6 Å². The quantitative estimate of drug-likeness (QED) is 0.619. The number of fused-ring (bicyclic) bond motifs is 1. The van der Waals surface area contributed by atoms with Crippen molar-refractivity contribution in [2.75, 3.05) is 11.9 Å². The van der Waals surface area contributed by atoms with Crippen LogP contribution in [0.4, 0.5) is 14.5 Å². The van der Waals surface area contributed by atoms with Gasteiger partial charge in [0, 0.05) is 17.8 Å². The summed E-state index contributed by atoms with van der Waals surface area (Å²) in [6, 6.07) is 1.23. The van der Waals surface area contributed by atoms with Crippen LogP contribution in [0.15, 0.2) is 6.07 Å². The molecule has 0 fully saturated rings. The second-order valence-electron chi connectivity index (χ2n) is 2.69. The maximum Gasteiger partial charge on any atom is 0.150 e. The average molecular weight is 190 g/mol. The van der Waals surface area contributed by atoms with Gasteiger partial charge in [0.25, 0.3) is 0 Å². The van der Waals surface area contributed by atoms with Crippen molar-refractivity contribution < 1.29 is 8.78 Å². The van der Waals surface area contributed by atoms with Crippen molar-refractivity contribution >= 4 is 17.3 Å². The Morgan fingerprint density at radius 1 is 1.42 bits per heavy atom. The van der Waals surface area contributed by atoms with Crippen LogP contribution in [0.5, 0.6) is 0 Å². The topological polar surface area (TPSA) is 12.0 Å². The first-order valence-electron chi connectivity index (χ1n) is 3.60. The van der Waals surface area contributed by atoms with Crippen molar-refractivity contribution in [2.24, 2.45) is 0 Å². The van der Waals surface area contributed by atoms with Crippen molar-refractivity contribution in [3.8, 4) is 0 Å². The third-order valence-electron chi connectivity index (χ3n) is 1.95. The molecule has 0 atom stereocenters. The Kier molecular flexibility index (Phi) is 1.68. The number of halogens is 3. The summed E-state index contributed by atoms with van der Waals surface area (Å²) in [7, 11) is 0. The van der Waals surface area contributed by atoms with Gasteiger partial charge in [-0.05, 0) is 12.5 Å². The van der Waals surface area contributed by atoms with Crippen LogP contribution in [0, 0.1) is 11.6 Å². The summed E-state index contributed by atoms with van der Waals surface area (Å²) in [5.74, 6) is -1.33. The van der Waals surface area contributed by atoms with Crippen LogP contribution in [0.2, 0.25) is 5.02 Å². The Labute approximate surface area is 73.3 Å². The van der Waals surface area contributed by atoms with E-state index in [2.05, 4.69) is 5.32 Å². The molecule has 0 unspecified atom stereocenters. The minimum atomic E-state index is -0.706. The van der Waals surface area contributed by atoms with Gasteiger partial charge < -0.3 is 5.32 Å². The third-order valence-corrected chi connectivity index (χ3v) is 2.30. The fraction of sp³-hybridized carbons (Fsp3) is 0.250. The highest BCUT2D eigenvalue weighted by Gasteiger charge is 2.20. The molecule has 1 aliphatic rings. The van der Waals surface area contributed by atoms with E-state index in [0.29, 0.717) is 24.2 Å². The van der Waals surface area contributed by atoms with Gasteiger partial charge in [-0.25, -0.2) is 8.78 Å². The van der Waals surface area contributed by atoms with Crippen molar-refractivity contribution in [1.29, 1.82) is 0 Å². The maximum absolute atomic E-state index is 13.2. The van der Waals surface area contributed by atoms with Crippen LogP contribution < -0.4 is 5.32 Å². The largest absolute Gasteiger partial charge is 0.384 e. The number of hydrogen-bond donors (Lipinski definition) is 1. The molecule has 4 heteroatoms. The van der Waals surface area contributed by atoms with Gasteiger partial charge in [0.2, 0.25) is 0 Å². The van der Waals surface area contributed by atoms with Gasteiger partial charge in [-0.15, -0.1) is 0 Å². The standard InChI is InChI=1S/C8H6ClF2N/c9-7-5(10)3-6-4(8(7)11)1-2-12-6/h3,12H,1-2H2. The molecule has 1 aromatic carbocycles. The lowest BCUT2D eigenvalue weighted by Gasteiger charge is -2.03. The van der Waals surface area contributed by atoms with Gasteiger partial charge in [0.15, 0.2) is 0 Å². The number of anilines is 1. The van der Waals surface area contributed by atoms with Crippen LogP contribution in [0.1, 0.15) is 5.56 Å². The monoisotopic (exact) mass is 189 g/mol. The first-order valence-corrected chi connectivity index (χ1v) is 3.98. The van der Waals surface area contributed by atoms with E-state index in [1.807, 2.05) is 0 Å². The Morgan fingerprint density at radius 2 is 2.17 bits per heavy atom. The van der Waals surface area contributed by atoms with E-state index in [1.54, 1.807) is 0 Å². The first kappa shape index (κ1) is 7.80. The SMILES string of the molecule is Fc1cc2c(c(F)c1Cl)CCN2. The minimum absolute atomic E-state index is 0.405. The second-order valence-corrected chi connectivity index (χ2v) is 3.07. The summed E-state index contributed by atoms with van der Waals surface area (Å²) in [6.45, 7) is 0.645. The molecular weight excluding hydrogens is 184 g/mol. The molecule has 0 spiro atoms. The molecule has 1 aromatic rings. The van der Waals surface area contributed by atoms with Crippen molar-refractivity contribution in [3.63, 3.8) is 0 Å². The Morgan fingerprint density at radius 3 is 2.92 bits per heavy atom. The number of rotatable bonds is 0. The van der Waals surface area contributed by atoms with Crippen LogP contribution in [0.3, 0.4) is 0 Å². The van der Waals surface area contributed by atoms with Crippen molar-refractivity contribution in [3.05, 3.63) is 28.3 Å². The van der Waals surface area contributed by atoms with E-state index in [0.717, 1.165) is 0 Å². The molecule has 0 saturated heterocycles. The van der Waals surface area contributed by atoms with E-state index in [1.165, 1.54) is 6.07 Å². The summed E-state index contributed by atoms with van der Waals surface area (Å²) in [6.07, 6.45) is 0.571. The van der Waals surface area contributed by atoms with Crippen LogP contribution in [-0.2, 0) is 6.42 Å². The van der Waals surface area contributed by atoms with Crippen molar-refractivity contribution in [1.82, 2.24) is 0 Å². The predicted octanol–water partition coefficient (Wildman–Crippen LogP) is 2.59. The average Bonchev–Trinajstić information content (AvgIpc) is 2.48. The normalized spacial score (nSPS) is 14.2. The highest BCUT2D eigenvalue weighted by molar-refractivity contribution is 6.31. The molecule has 1 aliphatic heterocycles. The third kappa shape index (κ3) is 0.966. The summed E-state index contributed by atoms with van der Waals surface area (Å²) in [4.78, 5) is 0. The zero-order valence-corrected chi connectivity index (χ0v) is 6.88. The van der Waals surface area contributed by atoms with E-state index in [9.17, 15) is 8.78 Å². The summed E-state index contributed by atoms with van der Waals surface area (Å²) in [5, 5.41) is 2.47. The lowest BCUT2D eigenvalue weighted by atomic mass is 10.1. The van der Waals surface area contributed by atoms with E-state index >= 15 is 0 Å². The Bertz CT molecular complexity index is 338. The van der Waals surface area contributed by atoms with E-state index in [-0.39, 0.29) is 0 Å². The van der Waals surface area contributed by atoms with Crippen LogP contribution in [0.25, 0.3) is 0 Å². The van der Waals surface area contributed by atoms with E-state index in [4.69, 9.17) is 11.6 Å². The number of benzene rings is 1. The molecule has 1 N–H and O–H groups in total. The molecule has 12 heavy (non-hydrogen) atoms. The second kappa shape index (κ2) is 2.59. The molecule has 0 radical (unpaired) electrons. The zero-order valence-electron chi connectivity index (χ0n) is 6.13. The maximum atomic E-state index is 13.2. The number of nitrogens with one attached hydrogen (secondary N) is 1. The molecule has 0 aromatic heterocycles. The minimum Gasteiger partial charge on any atom is -0.384 e. The molecule has 2 rings (SSSR count). The first-order chi connectivity index (χ1) is 5.70. The van der Waals surface area contributed by atoms with Gasteiger partial charge in [0.05, 0.1) is 0 Å². The predicted molar refractivity (Wildman–Crippen MR) is 43.6 cm³/mol. The van der Waals surface area contributed by atoms with Gasteiger partial charge >= 0.3 is 0 Å². The summed E-state index contributed by atoms with van der Waals surface area (Å²) in [5.41, 5.74) is 1.01. The molecule has 0 aliphatic carbocycles. The fourth-order valence-electron chi connectivity index (χ4n) is 1.36. The molecule has 0 bridgehead atoms. The van der Waals surface area contributed by atoms with Gasteiger partial charge in [-0.2, -0.15) is 0 Å². The molecule has 1 nitrogen and oxygen atoms in total. The lowest BCUT2D eigenvalue weighted by Crippen LogP contribution is -1.92. The van der Waals surface area contributed by atoms with Crippen molar-refractivity contribution in [2.45, 2.75) is 6.42 Å². The smallest absolute Gasteiger partial charge is 0.150 e. The van der Waals surface area contributed by atoms with E-state index < -0.39 is 16.7 Å². The molecular formula is C8H6ClF2N. The van der Waals surface area contributed by atoms with Gasteiger partial charge in [-0.3, -0.25) is 0 Å². The Hall–Kier alpha value is -0.830. The molecule has 0 saturated carbocycles. The lowest BCUT2D eigenvalue weighted by molar-refractivity contribution is 0.578. The zero-order chi connectivity index (χ0) is 8.72. The molecule has 64 valence electrons. The molecule has 0 amide bonds. The number of hydrogen-bond acceptors (Lipinski definition) is 1. The van der Waals surface area contributed by atoms with Gasteiger partial charge in [0.1, 0.15) is 16.7 Å². The summed E-state index contributed by atoms with van der Waals surface area (Å²) < 4.78 is 26.0. The molecule has 1 heterocycles. The highest BCUT2D eigenvalue weighted by atomic mass is 35.5. The van der Waals surface area contributed by atoms with Crippen LogP contribution in [-0.4, -0.2) is 6.54 Å². The fourth-order valence-corrected chi connectivity index (χ4v) is 1.53. The Balaban J connectivity index is 2.67.